The first kappa shape index (κ1) is 14.4. The molecule has 1 saturated carbocycles. The summed E-state index contributed by atoms with van der Waals surface area (Å²) in [6.07, 6.45) is 1.97. The summed E-state index contributed by atoms with van der Waals surface area (Å²) in [6, 6.07) is 5.76. The Bertz CT molecular complexity index is 737. The molecule has 1 fully saturated rings. The third-order valence-electron chi connectivity index (χ3n) is 3.82. The van der Waals surface area contributed by atoms with Crippen LogP contribution in [0.3, 0.4) is 0 Å². The first-order valence-corrected chi connectivity index (χ1v) is 7.33. The van der Waals surface area contributed by atoms with E-state index in [1.165, 1.54) is 0 Å². The van der Waals surface area contributed by atoms with Crippen molar-refractivity contribution < 1.29 is 4.79 Å². The number of H-pyrrole nitrogens is 1. The maximum Gasteiger partial charge on any atom is 0.343 e. The zero-order valence-corrected chi connectivity index (χ0v) is 12.6. The number of amides is 2. The molecule has 2 aromatic rings. The van der Waals surface area contributed by atoms with E-state index in [1.54, 1.807) is 4.57 Å². The van der Waals surface area contributed by atoms with Gasteiger partial charge in [0.15, 0.2) is 5.82 Å². The van der Waals surface area contributed by atoms with Gasteiger partial charge in [-0.3, -0.25) is 4.57 Å². The molecule has 0 bridgehead atoms. The topological polar surface area (TPSA) is 91.8 Å². The number of nitrogens with one attached hydrogen (secondary N) is 3. The number of hydrogen-bond donors (Lipinski definition) is 3. The molecule has 1 aliphatic carbocycles. The quantitative estimate of drug-likeness (QED) is 0.804. The van der Waals surface area contributed by atoms with Crippen molar-refractivity contribution in [1.82, 2.24) is 20.1 Å². The summed E-state index contributed by atoms with van der Waals surface area (Å²) in [5.74, 6) is 0.559. The molecule has 0 unspecified atom stereocenters. The summed E-state index contributed by atoms with van der Waals surface area (Å²) in [7, 11) is 0. The number of anilines is 1. The van der Waals surface area contributed by atoms with Gasteiger partial charge < -0.3 is 10.6 Å². The van der Waals surface area contributed by atoms with E-state index < -0.39 is 0 Å². The molecular weight excluding hydrogens is 282 g/mol. The highest BCUT2D eigenvalue weighted by atomic mass is 16.2. The SMILES string of the molecule is Cc1cccc(C)c1NC(=O)NCc1n[nH]c(=O)n1C1CC1. The zero-order valence-electron chi connectivity index (χ0n) is 12.6. The van der Waals surface area contributed by atoms with Crippen molar-refractivity contribution >= 4 is 11.7 Å². The molecule has 22 heavy (non-hydrogen) atoms. The van der Waals surface area contributed by atoms with E-state index in [-0.39, 0.29) is 24.3 Å². The Morgan fingerprint density at radius 3 is 2.68 bits per heavy atom. The van der Waals surface area contributed by atoms with Crippen LogP contribution in [0.1, 0.15) is 35.8 Å². The van der Waals surface area contributed by atoms with Gasteiger partial charge in [0.05, 0.1) is 6.54 Å². The van der Waals surface area contributed by atoms with Gasteiger partial charge in [-0.05, 0) is 37.8 Å². The number of benzene rings is 1. The molecule has 0 atom stereocenters. The number of hydrogen-bond acceptors (Lipinski definition) is 3. The van der Waals surface area contributed by atoms with Gasteiger partial charge in [0.2, 0.25) is 0 Å². The Morgan fingerprint density at radius 2 is 2.05 bits per heavy atom. The Morgan fingerprint density at radius 1 is 1.36 bits per heavy atom. The van der Waals surface area contributed by atoms with Crippen LogP contribution in [0.5, 0.6) is 0 Å². The average molecular weight is 301 g/mol. The van der Waals surface area contributed by atoms with Gasteiger partial charge in [0.25, 0.3) is 0 Å². The van der Waals surface area contributed by atoms with E-state index in [9.17, 15) is 9.59 Å². The van der Waals surface area contributed by atoms with Crippen LogP contribution in [0.2, 0.25) is 0 Å². The van der Waals surface area contributed by atoms with Crippen molar-refractivity contribution in [1.29, 1.82) is 0 Å². The zero-order chi connectivity index (χ0) is 15.7. The smallest absolute Gasteiger partial charge is 0.331 e. The van der Waals surface area contributed by atoms with Gasteiger partial charge in [-0.2, -0.15) is 5.10 Å². The molecule has 3 N–H and O–H groups in total. The average Bonchev–Trinajstić information content (AvgIpc) is 3.24. The first-order valence-electron chi connectivity index (χ1n) is 7.33. The van der Waals surface area contributed by atoms with E-state index in [0.717, 1.165) is 29.7 Å². The van der Waals surface area contributed by atoms with Crippen LogP contribution < -0.4 is 16.3 Å². The maximum absolute atomic E-state index is 12.0. The molecule has 116 valence electrons. The Hall–Kier alpha value is -2.57. The number of nitrogens with zero attached hydrogens (tertiary/aromatic N) is 2. The first-order chi connectivity index (χ1) is 10.6. The lowest BCUT2D eigenvalue weighted by Gasteiger charge is -2.12. The normalized spacial score (nSPS) is 13.9. The molecule has 1 aliphatic rings. The second-order valence-electron chi connectivity index (χ2n) is 5.62. The third kappa shape index (κ3) is 2.88. The summed E-state index contributed by atoms with van der Waals surface area (Å²) in [5.41, 5.74) is 2.60. The van der Waals surface area contributed by atoms with Gasteiger partial charge in [-0.1, -0.05) is 18.2 Å². The van der Waals surface area contributed by atoms with Crippen LogP contribution in [0.15, 0.2) is 23.0 Å². The third-order valence-corrected chi connectivity index (χ3v) is 3.82. The van der Waals surface area contributed by atoms with Gasteiger partial charge in [0, 0.05) is 11.7 Å². The molecule has 2 amide bonds. The molecular formula is C15H19N5O2. The Labute approximate surface area is 127 Å². The molecule has 1 aromatic heterocycles. The fourth-order valence-electron chi connectivity index (χ4n) is 2.50. The molecule has 7 nitrogen and oxygen atoms in total. The minimum atomic E-state index is -0.310. The van der Waals surface area contributed by atoms with E-state index >= 15 is 0 Å². The van der Waals surface area contributed by atoms with Gasteiger partial charge >= 0.3 is 11.7 Å². The number of para-hydroxylation sites is 1. The predicted molar refractivity (Wildman–Crippen MR) is 82.9 cm³/mol. The minimum absolute atomic E-state index is 0.213. The second-order valence-corrected chi connectivity index (χ2v) is 5.62. The van der Waals surface area contributed by atoms with Crippen molar-refractivity contribution in [2.45, 2.75) is 39.3 Å². The van der Waals surface area contributed by atoms with E-state index in [0.29, 0.717) is 5.82 Å². The van der Waals surface area contributed by atoms with Crippen LogP contribution in [0, 0.1) is 13.8 Å². The number of carbonyl (C=O) groups excluding carboxylic acids is 1. The highest BCUT2D eigenvalue weighted by Gasteiger charge is 2.28. The van der Waals surface area contributed by atoms with Crippen LogP contribution >= 0.6 is 0 Å². The Kier molecular flexibility index (Phi) is 3.70. The summed E-state index contributed by atoms with van der Waals surface area (Å²) in [6.45, 7) is 4.11. The fraction of sp³-hybridized carbons (Fsp3) is 0.400. The predicted octanol–water partition coefficient (Wildman–Crippen LogP) is 1.84. The number of aromatic nitrogens is 3. The fourth-order valence-corrected chi connectivity index (χ4v) is 2.50. The second kappa shape index (κ2) is 5.67. The number of rotatable bonds is 4. The van der Waals surface area contributed by atoms with E-state index in [2.05, 4.69) is 20.8 Å². The highest BCUT2D eigenvalue weighted by Crippen LogP contribution is 2.33. The molecule has 3 rings (SSSR count). The van der Waals surface area contributed by atoms with Crippen molar-refractivity contribution in [2.75, 3.05) is 5.32 Å². The number of aryl methyl sites for hydroxylation is 2. The van der Waals surface area contributed by atoms with Crippen LogP contribution in [-0.4, -0.2) is 20.8 Å². The summed E-state index contributed by atoms with van der Waals surface area (Å²) in [5, 5.41) is 12.0. The number of urea groups is 1. The van der Waals surface area contributed by atoms with Gasteiger partial charge in [-0.15, -0.1) is 0 Å². The van der Waals surface area contributed by atoms with Gasteiger partial charge in [-0.25, -0.2) is 14.7 Å². The lowest BCUT2D eigenvalue weighted by Crippen LogP contribution is -2.30. The standard InChI is InChI=1S/C15H19N5O2/c1-9-4-3-5-10(2)13(9)17-14(21)16-8-12-18-19-15(22)20(12)11-6-7-11/h3-5,11H,6-8H2,1-2H3,(H,19,22)(H2,16,17,21). The minimum Gasteiger partial charge on any atom is -0.331 e. The molecule has 1 heterocycles. The van der Waals surface area contributed by atoms with E-state index in [1.807, 2.05) is 32.0 Å². The molecule has 0 aliphatic heterocycles. The van der Waals surface area contributed by atoms with E-state index in [4.69, 9.17) is 0 Å². The largest absolute Gasteiger partial charge is 0.343 e. The van der Waals surface area contributed by atoms with Gasteiger partial charge in [0.1, 0.15) is 0 Å². The molecule has 1 aromatic carbocycles. The molecule has 0 radical (unpaired) electrons. The van der Waals surface area contributed by atoms with Crippen LogP contribution in [-0.2, 0) is 6.54 Å². The summed E-state index contributed by atoms with van der Waals surface area (Å²) < 4.78 is 1.62. The molecule has 0 spiro atoms. The monoisotopic (exact) mass is 301 g/mol. The summed E-state index contributed by atoms with van der Waals surface area (Å²) >= 11 is 0. The summed E-state index contributed by atoms with van der Waals surface area (Å²) in [4.78, 5) is 23.7. The molecule has 7 heteroatoms. The lowest BCUT2D eigenvalue weighted by atomic mass is 10.1. The van der Waals surface area contributed by atoms with Crippen LogP contribution in [0.4, 0.5) is 10.5 Å². The number of aromatic amines is 1. The maximum atomic E-state index is 12.0. The highest BCUT2D eigenvalue weighted by molar-refractivity contribution is 5.90. The Balaban J connectivity index is 1.65. The van der Waals surface area contributed by atoms with Crippen molar-refractivity contribution in [3.8, 4) is 0 Å². The van der Waals surface area contributed by atoms with Crippen molar-refractivity contribution in [3.63, 3.8) is 0 Å². The number of carbonyl (C=O) groups is 1. The van der Waals surface area contributed by atoms with Crippen molar-refractivity contribution in [2.24, 2.45) is 0 Å². The van der Waals surface area contributed by atoms with Crippen LogP contribution in [0.25, 0.3) is 0 Å². The molecule has 0 saturated heterocycles. The van der Waals surface area contributed by atoms with Crippen molar-refractivity contribution in [3.05, 3.63) is 45.6 Å². The lowest BCUT2D eigenvalue weighted by molar-refractivity contribution is 0.251.